The van der Waals surface area contributed by atoms with Gasteiger partial charge in [0.05, 0.1) is 0 Å². The number of carbonyl (C=O) groups excluding carboxylic acids is 1. The Labute approximate surface area is 108 Å². The van der Waals surface area contributed by atoms with Crippen molar-refractivity contribution >= 4 is 5.91 Å². The van der Waals surface area contributed by atoms with Gasteiger partial charge in [-0.05, 0) is 37.1 Å². The first-order chi connectivity index (χ1) is 8.66. The molecule has 0 unspecified atom stereocenters. The molecule has 0 saturated carbocycles. The van der Waals surface area contributed by atoms with Gasteiger partial charge in [0, 0.05) is 12.1 Å². The molecule has 2 heteroatoms. The molecule has 0 aliphatic carbocycles. The summed E-state index contributed by atoms with van der Waals surface area (Å²) in [7, 11) is 0. The molecule has 2 rings (SSSR count). The van der Waals surface area contributed by atoms with Crippen molar-refractivity contribution in [3.05, 3.63) is 70.8 Å². The first-order valence-electron chi connectivity index (χ1n) is 6.06. The highest BCUT2D eigenvalue weighted by molar-refractivity contribution is 5.94. The summed E-state index contributed by atoms with van der Waals surface area (Å²) < 4.78 is 0. The fourth-order valence-electron chi connectivity index (χ4n) is 1.91. The molecule has 2 nitrogen and oxygen atoms in total. The smallest absolute Gasteiger partial charge is 0.251 e. The van der Waals surface area contributed by atoms with E-state index in [1.807, 2.05) is 30.3 Å². The van der Waals surface area contributed by atoms with Gasteiger partial charge in [-0.3, -0.25) is 4.79 Å². The van der Waals surface area contributed by atoms with Crippen molar-refractivity contribution in [2.75, 3.05) is 0 Å². The van der Waals surface area contributed by atoms with Gasteiger partial charge in [-0.1, -0.05) is 42.0 Å². The van der Waals surface area contributed by atoms with Gasteiger partial charge < -0.3 is 5.32 Å². The second kappa shape index (κ2) is 5.50. The predicted molar refractivity (Wildman–Crippen MR) is 73.5 cm³/mol. The number of hydrogen-bond donors (Lipinski definition) is 1. The van der Waals surface area contributed by atoms with Crippen LogP contribution in [-0.4, -0.2) is 5.91 Å². The summed E-state index contributed by atoms with van der Waals surface area (Å²) in [5.41, 5.74) is 4.31. The van der Waals surface area contributed by atoms with E-state index in [4.69, 9.17) is 0 Å². The summed E-state index contributed by atoms with van der Waals surface area (Å²) in [6.45, 7) is 4.70. The summed E-state index contributed by atoms with van der Waals surface area (Å²) in [4.78, 5) is 11.9. The largest absolute Gasteiger partial charge is 0.348 e. The first-order valence-corrected chi connectivity index (χ1v) is 6.06. The van der Waals surface area contributed by atoms with E-state index in [-0.39, 0.29) is 5.91 Å². The van der Waals surface area contributed by atoms with E-state index in [1.54, 1.807) is 0 Å². The Bertz CT molecular complexity index is 546. The van der Waals surface area contributed by atoms with Crippen LogP contribution in [0.15, 0.2) is 48.5 Å². The Morgan fingerprint density at radius 2 is 1.78 bits per heavy atom. The minimum absolute atomic E-state index is 0.0319. The number of rotatable bonds is 3. The normalized spacial score (nSPS) is 10.1. The van der Waals surface area contributed by atoms with E-state index in [9.17, 15) is 4.79 Å². The third kappa shape index (κ3) is 2.98. The average molecular weight is 239 g/mol. The van der Waals surface area contributed by atoms with E-state index in [1.165, 1.54) is 11.1 Å². The molecular weight excluding hydrogens is 222 g/mol. The maximum atomic E-state index is 11.9. The third-order valence-corrected chi connectivity index (χ3v) is 2.97. The molecule has 18 heavy (non-hydrogen) atoms. The van der Waals surface area contributed by atoms with E-state index < -0.39 is 0 Å². The van der Waals surface area contributed by atoms with Gasteiger partial charge in [0.1, 0.15) is 0 Å². The zero-order chi connectivity index (χ0) is 13.0. The van der Waals surface area contributed by atoms with E-state index in [2.05, 4.69) is 37.4 Å². The lowest BCUT2D eigenvalue weighted by molar-refractivity contribution is 0.0951. The highest BCUT2D eigenvalue weighted by Crippen LogP contribution is 2.10. The van der Waals surface area contributed by atoms with Crippen LogP contribution in [0.4, 0.5) is 0 Å². The summed E-state index contributed by atoms with van der Waals surface area (Å²) in [5, 5.41) is 2.94. The van der Waals surface area contributed by atoms with Crippen LogP contribution in [0.25, 0.3) is 0 Å². The zero-order valence-electron chi connectivity index (χ0n) is 10.7. The third-order valence-electron chi connectivity index (χ3n) is 2.97. The number of aryl methyl sites for hydroxylation is 2. The van der Waals surface area contributed by atoms with Crippen LogP contribution in [0.5, 0.6) is 0 Å². The molecule has 2 aromatic rings. The van der Waals surface area contributed by atoms with Crippen LogP contribution in [0.1, 0.15) is 27.0 Å². The monoisotopic (exact) mass is 239 g/mol. The van der Waals surface area contributed by atoms with Gasteiger partial charge in [-0.2, -0.15) is 0 Å². The maximum absolute atomic E-state index is 11.9. The Balaban J connectivity index is 2.02. The Morgan fingerprint density at radius 3 is 2.44 bits per heavy atom. The van der Waals surface area contributed by atoms with Crippen molar-refractivity contribution in [1.29, 1.82) is 0 Å². The van der Waals surface area contributed by atoms with Gasteiger partial charge in [0.25, 0.3) is 5.91 Å². The molecule has 0 atom stereocenters. The molecule has 0 bridgehead atoms. The van der Waals surface area contributed by atoms with E-state index >= 15 is 0 Å². The van der Waals surface area contributed by atoms with Gasteiger partial charge in [-0.15, -0.1) is 0 Å². The minimum atomic E-state index is -0.0319. The molecule has 0 aliphatic rings. The Morgan fingerprint density at radius 1 is 1.06 bits per heavy atom. The van der Waals surface area contributed by atoms with Crippen molar-refractivity contribution in [2.45, 2.75) is 20.4 Å². The molecule has 92 valence electrons. The second-order valence-corrected chi connectivity index (χ2v) is 4.48. The maximum Gasteiger partial charge on any atom is 0.251 e. The lowest BCUT2D eigenvalue weighted by Crippen LogP contribution is -2.23. The molecule has 0 spiro atoms. The van der Waals surface area contributed by atoms with Gasteiger partial charge in [0.2, 0.25) is 0 Å². The number of hydrogen-bond acceptors (Lipinski definition) is 1. The summed E-state index contributed by atoms with van der Waals surface area (Å²) in [6, 6.07) is 15.5. The molecule has 1 N–H and O–H groups in total. The van der Waals surface area contributed by atoms with Crippen molar-refractivity contribution in [3.63, 3.8) is 0 Å². The summed E-state index contributed by atoms with van der Waals surface area (Å²) in [5.74, 6) is -0.0319. The average Bonchev–Trinajstić information content (AvgIpc) is 2.38. The highest BCUT2D eigenvalue weighted by Gasteiger charge is 2.05. The molecule has 0 heterocycles. The van der Waals surface area contributed by atoms with Gasteiger partial charge in [-0.25, -0.2) is 0 Å². The summed E-state index contributed by atoms with van der Waals surface area (Å²) in [6.07, 6.45) is 0. The van der Waals surface area contributed by atoms with Crippen LogP contribution in [0.2, 0.25) is 0 Å². The highest BCUT2D eigenvalue weighted by atomic mass is 16.1. The molecule has 0 aromatic heterocycles. The van der Waals surface area contributed by atoms with Crippen molar-refractivity contribution in [3.8, 4) is 0 Å². The number of nitrogens with one attached hydrogen (secondary N) is 1. The van der Waals surface area contributed by atoms with Crippen LogP contribution in [0.3, 0.4) is 0 Å². The molecule has 0 aliphatic heterocycles. The fraction of sp³-hybridized carbons (Fsp3) is 0.188. The molecule has 2 aromatic carbocycles. The number of amides is 1. The van der Waals surface area contributed by atoms with Gasteiger partial charge in [0.15, 0.2) is 0 Å². The predicted octanol–water partition coefficient (Wildman–Crippen LogP) is 3.23. The SMILES string of the molecule is Cc1ccc(CNC(=O)c2ccccc2)c(C)c1. The van der Waals surface area contributed by atoms with Crippen molar-refractivity contribution < 1.29 is 4.79 Å². The molecule has 0 fully saturated rings. The first kappa shape index (κ1) is 12.4. The lowest BCUT2D eigenvalue weighted by atomic mass is 10.1. The lowest BCUT2D eigenvalue weighted by Gasteiger charge is -2.08. The zero-order valence-corrected chi connectivity index (χ0v) is 10.7. The minimum Gasteiger partial charge on any atom is -0.348 e. The van der Waals surface area contributed by atoms with Crippen LogP contribution in [-0.2, 0) is 6.54 Å². The number of benzene rings is 2. The topological polar surface area (TPSA) is 29.1 Å². The van der Waals surface area contributed by atoms with Crippen molar-refractivity contribution in [2.24, 2.45) is 0 Å². The van der Waals surface area contributed by atoms with E-state index in [0.29, 0.717) is 12.1 Å². The van der Waals surface area contributed by atoms with Crippen LogP contribution >= 0.6 is 0 Å². The summed E-state index contributed by atoms with van der Waals surface area (Å²) >= 11 is 0. The van der Waals surface area contributed by atoms with Crippen molar-refractivity contribution in [1.82, 2.24) is 5.32 Å². The molecular formula is C16H17NO. The molecule has 1 amide bonds. The molecule has 0 saturated heterocycles. The Kier molecular flexibility index (Phi) is 3.78. The number of carbonyl (C=O) groups is 1. The van der Waals surface area contributed by atoms with Crippen LogP contribution < -0.4 is 5.32 Å². The van der Waals surface area contributed by atoms with Crippen LogP contribution in [0, 0.1) is 13.8 Å². The second-order valence-electron chi connectivity index (χ2n) is 4.48. The molecule has 0 radical (unpaired) electrons. The standard InChI is InChI=1S/C16H17NO/c1-12-8-9-15(13(2)10-12)11-17-16(18)14-6-4-3-5-7-14/h3-10H,11H2,1-2H3,(H,17,18). The Hall–Kier alpha value is -2.09. The van der Waals surface area contributed by atoms with E-state index in [0.717, 1.165) is 5.56 Å². The fourth-order valence-corrected chi connectivity index (χ4v) is 1.91. The van der Waals surface area contributed by atoms with Gasteiger partial charge >= 0.3 is 0 Å². The quantitative estimate of drug-likeness (QED) is 0.875.